The molecule has 0 amide bonds. The zero-order chi connectivity index (χ0) is 12.4. The molecule has 1 saturated heterocycles. The molecule has 1 heterocycles. The van der Waals surface area contributed by atoms with Gasteiger partial charge in [0.25, 0.3) is 0 Å². The van der Waals surface area contributed by atoms with Gasteiger partial charge in [-0.2, -0.15) is 0 Å². The van der Waals surface area contributed by atoms with E-state index in [9.17, 15) is 0 Å². The smallest absolute Gasteiger partial charge is 0.0669 e. The average molecular weight is 316 g/mol. The van der Waals surface area contributed by atoms with Crippen LogP contribution in [-0.2, 0) is 4.74 Å². The Kier molecular flexibility index (Phi) is 4.53. The van der Waals surface area contributed by atoms with Crippen LogP contribution in [0.1, 0.15) is 31.9 Å². The Morgan fingerprint density at radius 3 is 2.82 bits per heavy atom. The average Bonchev–Trinajstić information content (AvgIpc) is 2.64. The van der Waals surface area contributed by atoms with Gasteiger partial charge in [0, 0.05) is 27.3 Å². The minimum atomic E-state index is 0.0668. The van der Waals surface area contributed by atoms with Crippen molar-refractivity contribution in [2.24, 2.45) is 5.73 Å². The molecule has 2 rings (SSSR count). The van der Waals surface area contributed by atoms with Crippen LogP contribution in [0.25, 0.3) is 0 Å². The largest absolute Gasteiger partial charge is 0.377 e. The van der Waals surface area contributed by atoms with Crippen LogP contribution in [0.5, 0.6) is 0 Å². The van der Waals surface area contributed by atoms with Crippen molar-refractivity contribution in [1.82, 2.24) is 0 Å². The van der Waals surface area contributed by atoms with Gasteiger partial charge in [0.15, 0.2) is 0 Å². The van der Waals surface area contributed by atoms with E-state index in [0.29, 0.717) is 11.4 Å². The Balaban J connectivity index is 2.09. The van der Waals surface area contributed by atoms with Crippen LogP contribution < -0.4 is 5.73 Å². The van der Waals surface area contributed by atoms with Crippen LogP contribution >= 0.6 is 27.7 Å². The third-order valence-electron chi connectivity index (χ3n) is 3.06. The van der Waals surface area contributed by atoms with Crippen molar-refractivity contribution < 1.29 is 4.74 Å². The zero-order valence-corrected chi connectivity index (χ0v) is 12.6. The molecular weight excluding hydrogens is 298 g/mol. The first-order valence-corrected chi connectivity index (χ1v) is 7.58. The maximum atomic E-state index is 5.89. The van der Waals surface area contributed by atoms with Gasteiger partial charge in [0.1, 0.15) is 0 Å². The summed E-state index contributed by atoms with van der Waals surface area (Å²) in [6, 6.07) is 6.49. The minimum Gasteiger partial charge on any atom is -0.377 e. The molecule has 1 fully saturated rings. The van der Waals surface area contributed by atoms with Crippen LogP contribution in [-0.4, -0.2) is 18.0 Å². The number of ether oxygens (including phenoxy) is 1. The van der Waals surface area contributed by atoms with E-state index in [1.807, 2.05) is 18.7 Å². The number of hydrogen-bond acceptors (Lipinski definition) is 3. The summed E-state index contributed by atoms with van der Waals surface area (Å²) >= 11 is 5.49. The van der Waals surface area contributed by atoms with E-state index < -0.39 is 0 Å². The summed E-state index contributed by atoms with van der Waals surface area (Å²) in [4.78, 5) is 1.28. The molecule has 2 N–H and O–H groups in total. The Morgan fingerprint density at radius 2 is 2.29 bits per heavy atom. The van der Waals surface area contributed by atoms with Crippen LogP contribution in [0.2, 0.25) is 0 Å². The summed E-state index contributed by atoms with van der Waals surface area (Å²) < 4.78 is 6.68. The molecule has 0 saturated carbocycles. The molecular formula is C13H18BrNOS. The van der Waals surface area contributed by atoms with Gasteiger partial charge < -0.3 is 10.5 Å². The van der Waals surface area contributed by atoms with Gasteiger partial charge in [-0.25, -0.2) is 0 Å². The van der Waals surface area contributed by atoms with Crippen molar-refractivity contribution in [3.8, 4) is 0 Å². The number of thioether (sulfide) groups is 1. The quantitative estimate of drug-likeness (QED) is 0.923. The maximum absolute atomic E-state index is 5.89. The number of nitrogens with two attached hydrogens (primary N) is 1. The highest BCUT2D eigenvalue weighted by atomic mass is 79.9. The van der Waals surface area contributed by atoms with Gasteiger partial charge in [-0.1, -0.05) is 22.0 Å². The van der Waals surface area contributed by atoms with Crippen molar-refractivity contribution in [2.75, 3.05) is 6.61 Å². The second-order valence-electron chi connectivity index (χ2n) is 4.49. The van der Waals surface area contributed by atoms with Crippen molar-refractivity contribution in [2.45, 2.75) is 42.6 Å². The molecule has 17 heavy (non-hydrogen) atoms. The molecule has 1 aromatic carbocycles. The van der Waals surface area contributed by atoms with Gasteiger partial charge in [-0.15, -0.1) is 11.8 Å². The molecule has 0 aromatic heterocycles. The molecule has 4 heteroatoms. The third kappa shape index (κ3) is 3.25. The van der Waals surface area contributed by atoms with E-state index in [1.165, 1.54) is 4.90 Å². The summed E-state index contributed by atoms with van der Waals surface area (Å²) in [6.45, 7) is 5.04. The normalized spacial score (nSPS) is 26.1. The van der Waals surface area contributed by atoms with E-state index in [0.717, 1.165) is 23.1 Å². The first-order chi connectivity index (χ1) is 8.08. The van der Waals surface area contributed by atoms with E-state index in [1.54, 1.807) is 0 Å². The van der Waals surface area contributed by atoms with Crippen molar-refractivity contribution >= 4 is 27.7 Å². The maximum Gasteiger partial charge on any atom is 0.0669 e. The monoisotopic (exact) mass is 315 g/mol. The Hall–Kier alpha value is -0.0300. The van der Waals surface area contributed by atoms with Gasteiger partial charge in [-0.3, -0.25) is 0 Å². The Morgan fingerprint density at radius 1 is 1.53 bits per heavy atom. The fourth-order valence-corrected chi connectivity index (χ4v) is 4.05. The van der Waals surface area contributed by atoms with E-state index in [-0.39, 0.29) is 6.04 Å². The lowest BCUT2D eigenvalue weighted by molar-refractivity contribution is 0.127. The number of benzene rings is 1. The zero-order valence-electron chi connectivity index (χ0n) is 10.2. The molecule has 1 aromatic rings. The van der Waals surface area contributed by atoms with Crippen LogP contribution in [0, 0.1) is 0 Å². The molecule has 0 bridgehead atoms. The first-order valence-electron chi connectivity index (χ1n) is 5.91. The molecule has 94 valence electrons. The minimum absolute atomic E-state index is 0.0668. The predicted octanol–water partition coefficient (Wildman–Crippen LogP) is 3.74. The van der Waals surface area contributed by atoms with Gasteiger partial charge in [0.2, 0.25) is 0 Å². The lowest BCUT2D eigenvalue weighted by Crippen LogP contribution is -2.13. The van der Waals surface area contributed by atoms with Crippen molar-refractivity contribution in [3.63, 3.8) is 0 Å². The molecule has 1 aliphatic rings. The number of halogens is 1. The number of rotatable bonds is 3. The van der Waals surface area contributed by atoms with E-state index in [2.05, 4.69) is 41.1 Å². The molecule has 1 aliphatic heterocycles. The summed E-state index contributed by atoms with van der Waals surface area (Å²) in [5.74, 6) is 0. The first kappa shape index (κ1) is 13.4. The molecule has 0 radical (unpaired) electrons. The topological polar surface area (TPSA) is 35.2 Å². The Labute approximate surface area is 115 Å². The Bertz CT molecular complexity index is 397. The SMILES string of the molecule is CC(N)c1ccc(SC2CCOC2C)cc1Br. The lowest BCUT2D eigenvalue weighted by atomic mass is 10.1. The highest BCUT2D eigenvalue weighted by Crippen LogP contribution is 2.35. The molecule has 0 aliphatic carbocycles. The van der Waals surface area contributed by atoms with Crippen LogP contribution in [0.15, 0.2) is 27.6 Å². The molecule has 2 nitrogen and oxygen atoms in total. The summed E-state index contributed by atoms with van der Waals surface area (Å²) in [5, 5.41) is 0.572. The standard InChI is InChI=1S/C13H18BrNOS/c1-8(15)11-4-3-10(7-12(11)14)17-13-5-6-16-9(13)2/h3-4,7-9,13H,5-6,15H2,1-2H3. The van der Waals surface area contributed by atoms with Gasteiger partial charge in [-0.05, 0) is 38.0 Å². The molecule has 3 unspecified atom stereocenters. The van der Waals surface area contributed by atoms with Crippen molar-refractivity contribution in [3.05, 3.63) is 28.2 Å². The third-order valence-corrected chi connectivity index (χ3v) is 5.19. The van der Waals surface area contributed by atoms with Gasteiger partial charge in [0.05, 0.1) is 6.10 Å². The van der Waals surface area contributed by atoms with E-state index >= 15 is 0 Å². The highest BCUT2D eigenvalue weighted by Gasteiger charge is 2.25. The van der Waals surface area contributed by atoms with Crippen LogP contribution in [0.4, 0.5) is 0 Å². The molecule has 3 atom stereocenters. The van der Waals surface area contributed by atoms with Crippen molar-refractivity contribution in [1.29, 1.82) is 0 Å². The van der Waals surface area contributed by atoms with Gasteiger partial charge >= 0.3 is 0 Å². The van der Waals surface area contributed by atoms with E-state index in [4.69, 9.17) is 10.5 Å². The second kappa shape index (κ2) is 5.74. The fraction of sp³-hybridized carbons (Fsp3) is 0.538. The second-order valence-corrected chi connectivity index (χ2v) is 6.66. The summed E-state index contributed by atoms with van der Waals surface area (Å²) in [6.07, 6.45) is 1.49. The highest BCUT2D eigenvalue weighted by molar-refractivity contribution is 9.10. The number of hydrogen-bond donors (Lipinski definition) is 1. The summed E-state index contributed by atoms with van der Waals surface area (Å²) in [7, 11) is 0. The molecule has 0 spiro atoms. The lowest BCUT2D eigenvalue weighted by Gasteiger charge is -2.15. The summed E-state index contributed by atoms with van der Waals surface area (Å²) in [5.41, 5.74) is 7.05. The fourth-order valence-electron chi connectivity index (χ4n) is 1.99. The predicted molar refractivity (Wildman–Crippen MR) is 76.4 cm³/mol. The van der Waals surface area contributed by atoms with Crippen LogP contribution in [0.3, 0.4) is 0 Å².